The molecule has 0 bridgehead atoms. The summed E-state index contributed by atoms with van der Waals surface area (Å²) < 4.78 is 1.88. The fourth-order valence-corrected chi connectivity index (χ4v) is 2.59. The average molecular weight is 348 g/mol. The van der Waals surface area contributed by atoms with E-state index in [1.54, 1.807) is 13.0 Å². The SMILES string of the molecule is Cc1nn(Cc2ccccc2Cl)c(C)c1/C=C/C(=O)NC(C)CO. The number of amides is 1. The number of carbonyl (C=O) groups is 1. The molecule has 24 heavy (non-hydrogen) atoms. The van der Waals surface area contributed by atoms with Gasteiger partial charge < -0.3 is 10.4 Å². The highest BCUT2D eigenvalue weighted by molar-refractivity contribution is 6.31. The van der Waals surface area contributed by atoms with Crippen molar-refractivity contribution < 1.29 is 9.90 Å². The van der Waals surface area contributed by atoms with Gasteiger partial charge in [0.25, 0.3) is 0 Å². The number of aromatic nitrogens is 2. The summed E-state index contributed by atoms with van der Waals surface area (Å²) in [5.74, 6) is -0.241. The Morgan fingerprint density at radius 3 is 2.79 bits per heavy atom. The van der Waals surface area contributed by atoms with Crippen LogP contribution in [0.4, 0.5) is 0 Å². The van der Waals surface area contributed by atoms with Crippen molar-refractivity contribution in [1.29, 1.82) is 0 Å². The second kappa shape index (κ2) is 8.13. The third-order valence-corrected chi connectivity index (χ3v) is 4.15. The molecule has 2 N–H and O–H groups in total. The third kappa shape index (κ3) is 4.46. The molecule has 1 aromatic heterocycles. The van der Waals surface area contributed by atoms with E-state index in [9.17, 15) is 4.79 Å². The van der Waals surface area contributed by atoms with E-state index in [0.717, 1.165) is 22.5 Å². The molecule has 1 amide bonds. The molecule has 2 aromatic rings. The fraction of sp³-hybridized carbons (Fsp3) is 0.333. The van der Waals surface area contributed by atoms with E-state index in [1.165, 1.54) is 6.08 Å². The summed E-state index contributed by atoms with van der Waals surface area (Å²) in [6, 6.07) is 7.40. The van der Waals surface area contributed by atoms with Crippen molar-refractivity contribution in [3.63, 3.8) is 0 Å². The molecule has 5 nitrogen and oxygen atoms in total. The lowest BCUT2D eigenvalue weighted by Gasteiger charge is -2.08. The monoisotopic (exact) mass is 347 g/mol. The maximum atomic E-state index is 11.8. The van der Waals surface area contributed by atoms with E-state index in [2.05, 4.69) is 10.4 Å². The van der Waals surface area contributed by atoms with Gasteiger partial charge in [-0.15, -0.1) is 0 Å². The quantitative estimate of drug-likeness (QED) is 0.789. The summed E-state index contributed by atoms with van der Waals surface area (Å²) in [4.78, 5) is 11.8. The van der Waals surface area contributed by atoms with Crippen LogP contribution in [0.1, 0.15) is 29.4 Å². The lowest BCUT2D eigenvalue weighted by atomic mass is 10.1. The minimum absolute atomic E-state index is 0.0899. The molecule has 2 rings (SSSR count). The summed E-state index contributed by atoms with van der Waals surface area (Å²) >= 11 is 6.21. The number of hydrogen-bond donors (Lipinski definition) is 2. The van der Waals surface area contributed by atoms with E-state index in [0.29, 0.717) is 11.6 Å². The van der Waals surface area contributed by atoms with Gasteiger partial charge in [-0.3, -0.25) is 9.48 Å². The van der Waals surface area contributed by atoms with Crippen LogP contribution in [0.5, 0.6) is 0 Å². The Balaban J connectivity index is 2.17. The highest BCUT2D eigenvalue weighted by Crippen LogP contribution is 2.20. The van der Waals surface area contributed by atoms with Gasteiger partial charge in [0, 0.05) is 28.4 Å². The molecule has 1 heterocycles. The van der Waals surface area contributed by atoms with Crippen LogP contribution in [0.15, 0.2) is 30.3 Å². The van der Waals surface area contributed by atoms with E-state index in [-0.39, 0.29) is 18.6 Å². The summed E-state index contributed by atoms with van der Waals surface area (Å²) in [6.45, 7) is 6.10. The smallest absolute Gasteiger partial charge is 0.244 e. The molecule has 0 saturated carbocycles. The van der Waals surface area contributed by atoms with Crippen molar-refractivity contribution in [3.8, 4) is 0 Å². The molecule has 128 valence electrons. The molecular formula is C18H22ClN3O2. The van der Waals surface area contributed by atoms with Gasteiger partial charge in [0.2, 0.25) is 5.91 Å². The van der Waals surface area contributed by atoms with Crippen molar-refractivity contribution in [2.75, 3.05) is 6.61 Å². The van der Waals surface area contributed by atoms with Crippen molar-refractivity contribution in [2.24, 2.45) is 0 Å². The first-order chi connectivity index (χ1) is 11.4. The zero-order chi connectivity index (χ0) is 17.7. The average Bonchev–Trinajstić information content (AvgIpc) is 2.81. The van der Waals surface area contributed by atoms with Gasteiger partial charge in [-0.1, -0.05) is 29.8 Å². The molecule has 0 saturated heterocycles. The molecular weight excluding hydrogens is 326 g/mol. The summed E-state index contributed by atoms with van der Waals surface area (Å²) in [6.07, 6.45) is 3.21. The van der Waals surface area contributed by atoms with Gasteiger partial charge in [-0.25, -0.2) is 0 Å². The minimum Gasteiger partial charge on any atom is -0.394 e. The van der Waals surface area contributed by atoms with Gasteiger partial charge in [0.15, 0.2) is 0 Å². The largest absolute Gasteiger partial charge is 0.394 e. The molecule has 1 atom stereocenters. The summed E-state index contributed by atoms with van der Waals surface area (Å²) in [5, 5.41) is 16.9. The molecule has 0 radical (unpaired) electrons. The van der Waals surface area contributed by atoms with Crippen LogP contribution < -0.4 is 5.32 Å². The number of rotatable bonds is 6. The number of benzene rings is 1. The molecule has 6 heteroatoms. The van der Waals surface area contributed by atoms with E-state index in [4.69, 9.17) is 16.7 Å². The number of aryl methyl sites for hydroxylation is 1. The molecule has 0 aliphatic carbocycles. The Bertz CT molecular complexity index is 753. The maximum Gasteiger partial charge on any atom is 0.244 e. The molecule has 1 unspecified atom stereocenters. The number of carbonyl (C=O) groups excluding carboxylic acids is 1. The topological polar surface area (TPSA) is 67.2 Å². The third-order valence-electron chi connectivity index (χ3n) is 3.78. The van der Waals surface area contributed by atoms with Crippen LogP contribution in [0.3, 0.4) is 0 Å². The molecule has 0 aliphatic rings. The first-order valence-corrected chi connectivity index (χ1v) is 8.17. The van der Waals surface area contributed by atoms with Gasteiger partial charge in [-0.2, -0.15) is 5.10 Å². The lowest BCUT2D eigenvalue weighted by Crippen LogP contribution is -2.33. The number of aliphatic hydroxyl groups excluding tert-OH is 1. The standard InChI is InChI=1S/C18H22ClN3O2/c1-12(11-23)20-18(24)9-8-16-13(2)21-22(14(16)3)10-15-6-4-5-7-17(15)19/h4-9,12,23H,10-11H2,1-3H3,(H,20,24)/b9-8+. The van der Waals surface area contributed by atoms with Crippen LogP contribution in [0, 0.1) is 13.8 Å². The zero-order valence-corrected chi connectivity index (χ0v) is 14.8. The van der Waals surface area contributed by atoms with E-state index in [1.807, 2.05) is 42.8 Å². The molecule has 0 aliphatic heterocycles. The maximum absolute atomic E-state index is 11.8. The van der Waals surface area contributed by atoms with Crippen LogP contribution >= 0.6 is 11.6 Å². The number of nitrogens with zero attached hydrogens (tertiary/aromatic N) is 2. The van der Waals surface area contributed by atoms with Crippen LogP contribution in [0.2, 0.25) is 5.02 Å². The Kier molecular flexibility index (Phi) is 6.17. The van der Waals surface area contributed by atoms with E-state index < -0.39 is 0 Å². The summed E-state index contributed by atoms with van der Waals surface area (Å²) in [7, 11) is 0. The number of halogens is 1. The van der Waals surface area contributed by atoms with Crippen LogP contribution in [-0.2, 0) is 11.3 Å². The Hall–Kier alpha value is -2.11. The fourth-order valence-electron chi connectivity index (χ4n) is 2.39. The van der Waals surface area contributed by atoms with Gasteiger partial charge in [0.05, 0.1) is 18.8 Å². The van der Waals surface area contributed by atoms with Gasteiger partial charge >= 0.3 is 0 Å². The first-order valence-electron chi connectivity index (χ1n) is 7.79. The van der Waals surface area contributed by atoms with Crippen LogP contribution in [-0.4, -0.2) is 33.4 Å². The van der Waals surface area contributed by atoms with E-state index >= 15 is 0 Å². The number of aliphatic hydroxyl groups is 1. The van der Waals surface area contributed by atoms with Gasteiger partial charge in [-0.05, 0) is 38.5 Å². The van der Waals surface area contributed by atoms with Gasteiger partial charge in [0.1, 0.15) is 0 Å². The molecule has 1 aromatic carbocycles. The Morgan fingerprint density at radius 1 is 1.42 bits per heavy atom. The van der Waals surface area contributed by atoms with Crippen molar-refractivity contribution in [3.05, 3.63) is 57.9 Å². The zero-order valence-electron chi connectivity index (χ0n) is 14.1. The molecule has 0 spiro atoms. The first kappa shape index (κ1) is 18.2. The predicted octanol–water partition coefficient (Wildman–Crippen LogP) is 2.71. The van der Waals surface area contributed by atoms with Crippen LogP contribution in [0.25, 0.3) is 6.08 Å². The predicted molar refractivity (Wildman–Crippen MR) is 96.0 cm³/mol. The minimum atomic E-state index is -0.271. The van der Waals surface area contributed by atoms with Crippen molar-refractivity contribution in [1.82, 2.24) is 15.1 Å². The Labute approximate surface area is 146 Å². The van der Waals surface area contributed by atoms with Crippen molar-refractivity contribution >= 4 is 23.6 Å². The lowest BCUT2D eigenvalue weighted by molar-refractivity contribution is -0.117. The number of nitrogens with one attached hydrogen (secondary N) is 1. The number of hydrogen-bond acceptors (Lipinski definition) is 3. The molecule has 0 fully saturated rings. The van der Waals surface area contributed by atoms with Crippen molar-refractivity contribution in [2.45, 2.75) is 33.4 Å². The second-order valence-corrected chi connectivity index (χ2v) is 6.17. The highest BCUT2D eigenvalue weighted by Gasteiger charge is 2.11. The summed E-state index contributed by atoms with van der Waals surface area (Å²) in [5.41, 5.74) is 3.72. The highest BCUT2D eigenvalue weighted by atomic mass is 35.5. The normalized spacial score (nSPS) is 12.5. The Morgan fingerprint density at radius 2 is 2.12 bits per heavy atom. The second-order valence-electron chi connectivity index (χ2n) is 5.76.